The summed E-state index contributed by atoms with van der Waals surface area (Å²) in [6.45, 7) is 7.90. The Bertz CT molecular complexity index is 2150. The molecule has 0 spiro atoms. The van der Waals surface area contributed by atoms with Gasteiger partial charge in [-0.2, -0.15) is 0 Å². The Morgan fingerprint density at radius 3 is 1.65 bits per heavy atom. The maximum Gasteiger partial charge on any atom is 0.317 e. The maximum atomic E-state index is 13.1. The summed E-state index contributed by atoms with van der Waals surface area (Å²) in [5.74, 6) is -0.511. The lowest BCUT2D eigenvalue weighted by molar-refractivity contribution is -0.141. The van der Waals surface area contributed by atoms with Crippen molar-refractivity contribution in [1.29, 1.82) is 0 Å². The molecule has 6 rings (SSSR count). The summed E-state index contributed by atoms with van der Waals surface area (Å²) in [6.07, 6.45) is 5.11. The molecule has 15 nitrogen and oxygen atoms in total. The summed E-state index contributed by atoms with van der Waals surface area (Å²) < 4.78 is 0. The van der Waals surface area contributed by atoms with Gasteiger partial charge in [0.05, 0.1) is 12.6 Å². The standard InChI is InChI=1S/C24H31N5O4.C23H30N4O2/c1-15-19(8-9-21(25)27-15)13-26-23(32)16(2)28-24(33)20-12-18(17-6-4-3-5-7-17)10-11-29(20)14-22(30)31;1-15-20(11-12-21(24)26-15)14-25-22(28)16(2)27-23(29)19-10-6-9-18(13-19)17-7-4-3-5-8-17/h3-9,16,18,20H,10-14H2,1-2H3,(H2,25,27)(H,26,32)(H,28,33)(H,30,31);3-5,7-8,11-12,16,18-19H,6,9-10,13-14H2,1-2H3,(H2,24,26)(H,25,28)(H,27,29)/t16-,18-,20+;16-,18-,19+/m00/s1. The summed E-state index contributed by atoms with van der Waals surface area (Å²) >= 11 is 0. The molecule has 1 saturated carbocycles. The number of rotatable bonds is 14. The van der Waals surface area contributed by atoms with E-state index in [0.717, 1.165) is 60.2 Å². The van der Waals surface area contributed by atoms with Crippen molar-refractivity contribution in [1.82, 2.24) is 36.1 Å². The molecule has 0 bridgehead atoms. The second kappa shape index (κ2) is 22.5. The van der Waals surface area contributed by atoms with Crippen molar-refractivity contribution < 1.29 is 29.1 Å². The number of nitrogens with zero attached hydrogens (tertiary/aromatic N) is 3. The number of aromatic nitrogens is 2. The quantitative estimate of drug-likeness (QED) is 0.0934. The Balaban J connectivity index is 0.000000236. The molecule has 1 aliphatic carbocycles. The van der Waals surface area contributed by atoms with Crippen molar-refractivity contribution >= 4 is 41.2 Å². The third-order valence-corrected chi connectivity index (χ3v) is 11.8. The minimum Gasteiger partial charge on any atom is -0.480 e. The first kappa shape index (κ1) is 46.7. The molecule has 330 valence electrons. The van der Waals surface area contributed by atoms with Crippen LogP contribution in [0.4, 0.5) is 11.6 Å². The first-order valence-electron chi connectivity index (χ1n) is 21.3. The van der Waals surface area contributed by atoms with Crippen molar-refractivity contribution in [3.8, 4) is 0 Å². The highest BCUT2D eigenvalue weighted by atomic mass is 16.4. The average molecular weight is 848 g/mol. The number of amides is 4. The molecule has 15 heteroatoms. The first-order valence-corrected chi connectivity index (χ1v) is 21.3. The van der Waals surface area contributed by atoms with Gasteiger partial charge in [0.1, 0.15) is 23.7 Å². The van der Waals surface area contributed by atoms with Crippen LogP contribution in [0.3, 0.4) is 0 Å². The predicted molar refractivity (Wildman–Crippen MR) is 238 cm³/mol. The first-order chi connectivity index (χ1) is 29.7. The van der Waals surface area contributed by atoms with Crippen molar-refractivity contribution in [2.24, 2.45) is 5.92 Å². The average Bonchev–Trinajstić information content (AvgIpc) is 3.26. The van der Waals surface area contributed by atoms with E-state index in [4.69, 9.17) is 11.5 Å². The number of benzene rings is 2. The third-order valence-electron chi connectivity index (χ3n) is 11.8. The summed E-state index contributed by atoms with van der Waals surface area (Å²) in [7, 11) is 0. The SMILES string of the molecule is Cc1nc(N)ccc1CNC(=O)[C@H](C)NC(=O)[C@@H]1CCC[C@H](c2ccccc2)C1.Cc1nc(N)ccc1CNC(=O)[C@H](C)NC(=O)[C@H]1C[C@@H](c2ccccc2)CCN1CC(=O)O. The van der Waals surface area contributed by atoms with Crippen LogP contribution in [0.1, 0.15) is 97.8 Å². The Morgan fingerprint density at radius 2 is 1.16 bits per heavy atom. The molecule has 2 fully saturated rings. The third kappa shape index (κ3) is 13.6. The van der Waals surface area contributed by atoms with Crippen LogP contribution in [-0.4, -0.2) is 80.8 Å². The number of hydrogen-bond acceptors (Lipinski definition) is 10. The Hall–Kier alpha value is -6.35. The van der Waals surface area contributed by atoms with E-state index in [0.29, 0.717) is 37.1 Å². The van der Waals surface area contributed by atoms with E-state index >= 15 is 0 Å². The molecule has 2 aliphatic rings. The fraction of sp³-hybridized carbons (Fsp3) is 0.426. The normalized spacial score (nSPS) is 19.7. The number of carbonyl (C=O) groups excluding carboxylic acids is 4. The highest BCUT2D eigenvalue weighted by Gasteiger charge is 2.36. The van der Waals surface area contributed by atoms with Crippen LogP contribution >= 0.6 is 0 Å². The zero-order valence-corrected chi connectivity index (χ0v) is 36.1. The van der Waals surface area contributed by atoms with Gasteiger partial charge < -0.3 is 37.8 Å². The molecule has 0 radical (unpaired) electrons. The van der Waals surface area contributed by atoms with E-state index in [1.54, 1.807) is 36.9 Å². The number of nitrogens with one attached hydrogen (secondary N) is 4. The van der Waals surface area contributed by atoms with Gasteiger partial charge in [-0.1, -0.05) is 79.2 Å². The van der Waals surface area contributed by atoms with Gasteiger partial charge in [0.2, 0.25) is 23.6 Å². The number of anilines is 2. The Labute approximate surface area is 363 Å². The van der Waals surface area contributed by atoms with E-state index in [9.17, 15) is 29.1 Å². The van der Waals surface area contributed by atoms with Crippen LogP contribution in [0.15, 0.2) is 84.9 Å². The van der Waals surface area contributed by atoms with Crippen LogP contribution in [0, 0.1) is 19.8 Å². The van der Waals surface area contributed by atoms with Crippen molar-refractivity contribution in [3.63, 3.8) is 0 Å². The molecule has 62 heavy (non-hydrogen) atoms. The van der Waals surface area contributed by atoms with Gasteiger partial charge >= 0.3 is 5.97 Å². The van der Waals surface area contributed by atoms with E-state index in [1.165, 1.54) is 5.56 Å². The number of nitrogen functional groups attached to an aromatic ring is 2. The van der Waals surface area contributed by atoms with Gasteiger partial charge in [-0.05, 0) is 106 Å². The highest BCUT2D eigenvalue weighted by molar-refractivity contribution is 5.90. The van der Waals surface area contributed by atoms with Crippen molar-refractivity contribution in [3.05, 3.63) is 119 Å². The molecular formula is C47H61N9O6. The molecule has 0 unspecified atom stereocenters. The number of piperidine rings is 1. The molecule has 4 aromatic rings. The lowest BCUT2D eigenvalue weighted by Gasteiger charge is -2.38. The van der Waals surface area contributed by atoms with Crippen LogP contribution in [0.25, 0.3) is 0 Å². The van der Waals surface area contributed by atoms with Crippen molar-refractivity contribution in [2.75, 3.05) is 24.6 Å². The summed E-state index contributed by atoms with van der Waals surface area (Å²) in [4.78, 5) is 72.2. The van der Waals surface area contributed by atoms with E-state index in [2.05, 4.69) is 43.4 Å². The van der Waals surface area contributed by atoms with Crippen LogP contribution in [-0.2, 0) is 37.1 Å². The molecular weight excluding hydrogens is 787 g/mol. The van der Waals surface area contributed by atoms with Crippen molar-refractivity contribution in [2.45, 2.75) is 109 Å². The Morgan fingerprint density at radius 1 is 0.677 bits per heavy atom. The molecule has 1 aliphatic heterocycles. The number of carboxylic acids is 1. The number of pyridine rings is 2. The van der Waals surface area contributed by atoms with Gasteiger partial charge in [0, 0.05) is 36.9 Å². The number of carbonyl (C=O) groups is 5. The fourth-order valence-corrected chi connectivity index (χ4v) is 8.17. The molecule has 6 atom stereocenters. The van der Waals surface area contributed by atoms with Crippen LogP contribution in [0.2, 0.25) is 0 Å². The Kier molecular flexibility index (Phi) is 16.9. The number of nitrogens with two attached hydrogens (primary N) is 2. The molecule has 9 N–H and O–H groups in total. The van der Waals surface area contributed by atoms with Gasteiger partial charge in [-0.3, -0.25) is 28.9 Å². The summed E-state index contributed by atoms with van der Waals surface area (Å²) in [6, 6.07) is 25.3. The van der Waals surface area contributed by atoms with Gasteiger partial charge in [0.25, 0.3) is 0 Å². The van der Waals surface area contributed by atoms with E-state index in [1.807, 2.05) is 68.4 Å². The molecule has 4 amide bonds. The maximum absolute atomic E-state index is 13.1. The van der Waals surface area contributed by atoms with Crippen LogP contribution < -0.4 is 32.7 Å². The monoisotopic (exact) mass is 847 g/mol. The zero-order valence-electron chi connectivity index (χ0n) is 36.1. The van der Waals surface area contributed by atoms with E-state index < -0.39 is 24.1 Å². The highest BCUT2D eigenvalue weighted by Crippen LogP contribution is 2.36. The second-order valence-corrected chi connectivity index (χ2v) is 16.3. The minimum atomic E-state index is -0.982. The van der Waals surface area contributed by atoms with E-state index in [-0.39, 0.29) is 48.6 Å². The smallest absolute Gasteiger partial charge is 0.317 e. The minimum absolute atomic E-state index is 0.0291. The van der Waals surface area contributed by atoms with Gasteiger partial charge in [0.15, 0.2) is 0 Å². The lowest BCUT2D eigenvalue weighted by atomic mass is 9.77. The fourth-order valence-electron chi connectivity index (χ4n) is 8.17. The molecule has 3 heterocycles. The largest absolute Gasteiger partial charge is 0.480 e. The predicted octanol–water partition coefficient (Wildman–Crippen LogP) is 4.49. The van der Waals surface area contributed by atoms with Gasteiger partial charge in [-0.25, -0.2) is 9.97 Å². The van der Waals surface area contributed by atoms with Gasteiger partial charge in [-0.15, -0.1) is 0 Å². The molecule has 2 aromatic heterocycles. The zero-order chi connectivity index (χ0) is 44.8. The number of likely N-dealkylation sites (tertiary alicyclic amines) is 1. The topological polar surface area (TPSA) is 235 Å². The number of aryl methyl sites for hydroxylation is 2. The summed E-state index contributed by atoms with van der Waals surface area (Å²) in [5.41, 5.74) is 17.0. The number of carboxylic acid groups (broad SMARTS) is 1. The summed E-state index contributed by atoms with van der Waals surface area (Å²) in [5, 5.41) is 20.6. The lowest BCUT2D eigenvalue weighted by Crippen LogP contribution is -2.55. The molecule has 1 saturated heterocycles. The number of hydrogen-bond donors (Lipinski definition) is 7. The van der Waals surface area contributed by atoms with Crippen LogP contribution in [0.5, 0.6) is 0 Å². The molecule has 2 aromatic carbocycles. The number of aliphatic carboxylic acids is 1. The second-order valence-electron chi connectivity index (χ2n) is 16.3.